The fourth-order valence-electron chi connectivity index (χ4n) is 7.06. The second-order valence-electron chi connectivity index (χ2n) is 13.3. The third kappa shape index (κ3) is 6.67. The molecule has 9 nitrogen and oxygen atoms in total. The zero-order chi connectivity index (χ0) is 35.5. The van der Waals surface area contributed by atoms with Gasteiger partial charge >= 0.3 is 6.18 Å². The molecule has 3 heterocycles. The van der Waals surface area contributed by atoms with E-state index in [0.717, 1.165) is 37.6 Å². The first-order chi connectivity index (χ1) is 23.8. The number of alkyl halides is 3. The Morgan fingerprint density at radius 3 is 2.32 bits per heavy atom. The molecule has 0 radical (unpaired) electrons. The number of pyridine rings is 1. The fourth-order valence-corrected chi connectivity index (χ4v) is 7.59. The standard InChI is InChI=1S/C34H32Cl2F5N7O2/c1-47-27-10-26(48-14-17-8-18(17)15-48)21(31(49)44-20-5-3-19(4-6-20)34(39,40)41)9-25(27)45-33(47)46-30-22(35)7-2-16(29(30)36)11-43-32(50)28-23(37)12-42-13-24(28)38/h2,7,9-10,12-13,17-20H,3-6,8,11,14-15H2,1H3,(H,43,50)(H,44,49)(H,45,46)/t17?,18?,19-,20-. The number of aryl methyl sites for hydroxylation is 1. The molecule has 2 aromatic carbocycles. The second-order valence-corrected chi connectivity index (χ2v) is 14.0. The summed E-state index contributed by atoms with van der Waals surface area (Å²) < 4.78 is 69.6. The summed E-state index contributed by atoms with van der Waals surface area (Å²) >= 11 is 13.2. The number of fused-ring (bicyclic) bond motifs is 2. The van der Waals surface area contributed by atoms with Gasteiger partial charge < -0.3 is 25.4 Å². The molecule has 7 rings (SSSR count). The van der Waals surface area contributed by atoms with E-state index in [2.05, 4.69) is 25.8 Å². The summed E-state index contributed by atoms with van der Waals surface area (Å²) in [6.07, 6.45) is -1.14. The molecule has 1 aliphatic heterocycles. The first-order valence-electron chi connectivity index (χ1n) is 16.2. The Morgan fingerprint density at radius 1 is 0.980 bits per heavy atom. The second kappa shape index (κ2) is 13.2. The summed E-state index contributed by atoms with van der Waals surface area (Å²) in [5.74, 6) is -3.41. The van der Waals surface area contributed by atoms with Crippen LogP contribution < -0.4 is 20.9 Å². The highest BCUT2D eigenvalue weighted by Gasteiger charge is 2.46. The molecule has 2 atom stereocenters. The summed E-state index contributed by atoms with van der Waals surface area (Å²) in [7, 11) is 1.78. The van der Waals surface area contributed by atoms with Crippen molar-refractivity contribution in [2.45, 2.75) is 50.9 Å². The van der Waals surface area contributed by atoms with Crippen molar-refractivity contribution < 1.29 is 31.5 Å². The number of rotatable bonds is 8. The monoisotopic (exact) mass is 735 g/mol. The van der Waals surface area contributed by atoms with E-state index in [0.29, 0.717) is 39.9 Å². The molecule has 0 bridgehead atoms. The SMILES string of the molecule is Cn1c(Nc2c(Cl)ccc(CNC(=O)c3c(F)cncc3F)c2Cl)nc2cc(C(=O)N[C@H]3CC[C@H](C(F)(F)F)CC3)c(N3CC4CC4C3)cc21. The van der Waals surface area contributed by atoms with E-state index in [4.69, 9.17) is 28.2 Å². The van der Waals surface area contributed by atoms with Crippen molar-refractivity contribution in [1.82, 2.24) is 25.2 Å². The number of benzene rings is 2. The van der Waals surface area contributed by atoms with Crippen molar-refractivity contribution in [3.63, 3.8) is 0 Å². The largest absolute Gasteiger partial charge is 0.391 e. The molecule has 0 spiro atoms. The Hall–Kier alpha value is -4.17. The van der Waals surface area contributed by atoms with Crippen molar-refractivity contribution >= 4 is 63.4 Å². The van der Waals surface area contributed by atoms with Crippen LogP contribution in [0.4, 0.5) is 39.3 Å². The fraction of sp³-hybridized carbons (Fsp3) is 0.412. The van der Waals surface area contributed by atoms with Gasteiger partial charge in [0, 0.05) is 32.7 Å². The molecule has 2 amide bonds. The molecule has 2 aromatic heterocycles. The number of imidazole rings is 1. The number of aromatic nitrogens is 3. The molecule has 2 saturated carbocycles. The van der Waals surface area contributed by atoms with Gasteiger partial charge in [-0.2, -0.15) is 13.2 Å². The van der Waals surface area contributed by atoms with Gasteiger partial charge in [0.25, 0.3) is 11.8 Å². The molecule has 2 aliphatic carbocycles. The normalized spacial score (nSPS) is 21.6. The molecule has 16 heteroatoms. The van der Waals surface area contributed by atoms with Crippen LogP contribution >= 0.6 is 23.2 Å². The minimum Gasteiger partial charge on any atom is -0.370 e. The number of nitrogens with one attached hydrogen (secondary N) is 3. The van der Waals surface area contributed by atoms with E-state index in [1.165, 1.54) is 0 Å². The summed E-state index contributed by atoms with van der Waals surface area (Å²) in [6.45, 7) is 1.45. The van der Waals surface area contributed by atoms with Crippen LogP contribution in [0.2, 0.25) is 10.0 Å². The molecule has 4 aromatic rings. The van der Waals surface area contributed by atoms with Gasteiger partial charge in [0.1, 0.15) is 5.56 Å². The van der Waals surface area contributed by atoms with Crippen molar-refractivity contribution in [3.8, 4) is 0 Å². The van der Waals surface area contributed by atoms with Gasteiger partial charge in [-0.15, -0.1) is 0 Å². The zero-order valence-electron chi connectivity index (χ0n) is 26.7. The Bertz CT molecular complexity index is 1970. The van der Waals surface area contributed by atoms with E-state index in [1.54, 1.807) is 29.8 Å². The van der Waals surface area contributed by atoms with Gasteiger partial charge in [-0.05, 0) is 67.7 Å². The van der Waals surface area contributed by atoms with Gasteiger partial charge in [-0.3, -0.25) is 14.6 Å². The van der Waals surface area contributed by atoms with Gasteiger partial charge in [-0.25, -0.2) is 13.8 Å². The third-order valence-electron chi connectivity index (χ3n) is 10.0. The number of carbonyl (C=O) groups is 2. The maximum Gasteiger partial charge on any atom is 0.391 e. The average molecular weight is 737 g/mol. The molecule has 3 aliphatic rings. The highest BCUT2D eigenvalue weighted by molar-refractivity contribution is 6.39. The van der Waals surface area contributed by atoms with Gasteiger partial charge in [0.05, 0.1) is 56.3 Å². The summed E-state index contributed by atoms with van der Waals surface area (Å²) in [5.41, 5.74) is 2.24. The van der Waals surface area contributed by atoms with Gasteiger partial charge in [0.15, 0.2) is 11.6 Å². The Morgan fingerprint density at radius 2 is 1.66 bits per heavy atom. The number of piperidine rings is 1. The molecular formula is C34H32Cl2F5N7O2. The van der Waals surface area contributed by atoms with Crippen molar-refractivity contribution in [1.29, 1.82) is 0 Å². The highest BCUT2D eigenvalue weighted by atomic mass is 35.5. The lowest BCUT2D eigenvalue weighted by Gasteiger charge is -2.31. The van der Waals surface area contributed by atoms with Crippen LogP contribution in [-0.2, 0) is 13.6 Å². The van der Waals surface area contributed by atoms with E-state index < -0.39 is 35.2 Å². The quantitative estimate of drug-likeness (QED) is 0.162. The van der Waals surface area contributed by atoms with Crippen LogP contribution in [0.5, 0.6) is 0 Å². The van der Waals surface area contributed by atoms with Crippen LogP contribution in [-0.4, -0.2) is 51.7 Å². The van der Waals surface area contributed by atoms with Crippen molar-refractivity contribution in [2.75, 3.05) is 23.3 Å². The molecule has 50 heavy (non-hydrogen) atoms. The average Bonchev–Trinajstić information content (AvgIpc) is 3.55. The molecule has 1 saturated heterocycles. The lowest BCUT2D eigenvalue weighted by molar-refractivity contribution is -0.182. The number of carbonyl (C=O) groups excluding carboxylic acids is 2. The maximum absolute atomic E-state index is 14.1. The predicted octanol–water partition coefficient (Wildman–Crippen LogP) is 7.53. The molecule has 3 fully saturated rings. The molecular weight excluding hydrogens is 704 g/mol. The lowest BCUT2D eigenvalue weighted by atomic mass is 9.85. The Balaban J connectivity index is 1.14. The number of nitrogens with zero attached hydrogens (tertiary/aromatic N) is 4. The van der Waals surface area contributed by atoms with E-state index >= 15 is 0 Å². The Labute approximate surface area is 293 Å². The lowest BCUT2D eigenvalue weighted by Crippen LogP contribution is -2.40. The summed E-state index contributed by atoms with van der Waals surface area (Å²) in [6, 6.07) is 6.36. The van der Waals surface area contributed by atoms with E-state index in [1.807, 2.05) is 6.07 Å². The van der Waals surface area contributed by atoms with Gasteiger partial charge in [0.2, 0.25) is 5.95 Å². The predicted molar refractivity (Wildman–Crippen MR) is 179 cm³/mol. The number of halogens is 7. The number of hydrogen-bond acceptors (Lipinski definition) is 6. The van der Waals surface area contributed by atoms with E-state index in [-0.39, 0.29) is 59.9 Å². The van der Waals surface area contributed by atoms with Gasteiger partial charge in [-0.1, -0.05) is 29.3 Å². The zero-order valence-corrected chi connectivity index (χ0v) is 28.2. The summed E-state index contributed by atoms with van der Waals surface area (Å²) in [5, 5.41) is 8.97. The summed E-state index contributed by atoms with van der Waals surface area (Å²) in [4.78, 5) is 36.6. The van der Waals surface area contributed by atoms with Crippen molar-refractivity contribution in [2.24, 2.45) is 24.8 Å². The molecule has 2 unspecified atom stereocenters. The van der Waals surface area contributed by atoms with Crippen LogP contribution in [0.3, 0.4) is 0 Å². The smallest absolute Gasteiger partial charge is 0.370 e. The van der Waals surface area contributed by atoms with Crippen LogP contribution in [0.1, 0.15) is 58.4 Å². The van der Waals surface area contributed by atoms with Crippen LogP contribution in [0.25, 0.3) is 11.0 Å². The number of hydrogen-bond donors (Lipinski definition) is 3. The number of amides is 2. The van der Waals surface area contributed by atoms with Crippen LogP contribution in [0.15, 0.2) is 36.7 Å². The van der Waals surface area contributed by atoms with E-state index in [9.17, 15) is 31.5 Å². The van der Waals surface area contributed by atoms with Crippen molar-refractivity contribution in [3.05, 3.63) is 75.0 Å². The maximum atomic E-state index is 14.1. The first kappa shape index (κ1) is 34.3. The molecule has 3 N–H and O–H groups in total. The minimum atomic E-state index is -4.23. The van der Waals surface area contributed by atoms with Crippen LogP contribution in [0, 0.1) is 29.4 Å². The highest BCUT2D eigenvalue weighted by Crippen LogP contribution is 2.47. The first-order valence-corrected chi connectivity index (χ1v) is 17.0. The molecule has 264 valence electrons. The number of anilines is 3. The third-order valence-corrected chi connectivity index (χ3v) is 10.8. The topological polar surface area (TPSA) is 104 Å². The Kier molecular flexibility index (Phi) is 9.04. The minimum absolute atomic E-state index is 0.0222.